The molecule has 3 amide bonds. The van der Waals surface area contributed by atoms with Crippen molar-refractivity contribution in [1.82, 2.24) is 20.4 Å². The van der Waals surface area contributed by atoms with Crippen molar-refractivity contribution in [3.8, 4) is 0 Å². The molecule has 1 aromatic heterocycles. The number of nitrogens with zero attached hydrogens (tertiary/aromatic N) is 2. The van der Waals surface area contributed by atoms with Crippen LogP contribution < -0.4 is 10.6 Å². The highest BCUT2D eigenvalue weighted by Gasteiger charge is 2.54. The molecule has 196 valence electrons. The van der Waals surface area contributed by atoms with Gasteiger partial charge in [0, 0.05) is 10.6 Å². The molecule has 36 heavy (non-hydrogen) atoms. The van der Waals surface area contributed by atoms with E-state index < -0.39 is 32.3 Å². The highest BCUT2D eigenvalue weighted by atomic mass is 28.3. The number of nitrogens with one attached hydrogen (secondary N) is 3. The van der Waals surface area contributed by atoms with Gasteiger partial charge >= 0.3 is 12.6 Å². The Morgan fingerprint density at radius 2 is 1.86 bits per heavy atom. The highest BCUT2D eigenvalue weighted by Crippen LogP contribution is 2.56. The van der Waals surface area contributed by atoms with Crippen LogP contribution in [0.5, 0.6) is 0 Å². The zero-order valence-electron chi connectivity index (χ0n) is 21.5. The number of urea groups is 1. The lowest BCUT2D eigenvalue weighted by molar-refractivity contribution is -0.133. The van der Waals surface area contributed by atoms with Crippen LogP contribution in [-0.2, 0) is 21.6 Å². The van der Waals surface area contributed by atoms with Crippen molar-refractivity contribution in [1.29, 1.82) is 0 Å². The fourth-order valence-electron chi connectivity index (χ4n) is 5.32. The molecule has 3 N–H and O–H groups in total. The Morgan fingerprint density at radius 3 is 2.42 bits per heavy atom. The van der Waals surface area contributed by atoms with Crippen LogP contribution in [0.25, 0.3) is 0 Å². The fraction of sp³-hybridized carbons (Fsp3) is 0.560. The van der Waals surface area contributed by atoms with E-state index in [0.29, 0.717) is 11.4 Å². The van der Waals surface area contributed by atoms with Crippen LogP contribution in [0, 0.1) is 0 Å². The van der Waals surface area contributed by atoms with Crippen molar-refractivity contribution in [3.05, 3.63) is 47.2 Å². The predicted octanol–water partition coefficient (Wildman–Crippen LogP) is 5.35. The van der Waals surface area contributed by atoms with Crippen molar-refractivity contribution in [2.24, 2.45) is 0 Å². The zero-order chi connectivity index (χ0) is 26.3. The summed E-state index contributed by atoms with van der Waals surface area (Å²) in [5, 5.41) is 13.0. The van der Waals surface area contributed by atoms with E-state index in [1.165, 1.54) is 0 Å². The molecule has 4 rings (SSSR count). The Labute approximate surface area is 211 Å². The lowest BCUT2D eigenvalue weighted by Crippen LogP contribution is -2.52. The van der Waals surface area contributed by atoms with E-state index >= 15 is 0 Å². The van der Waals surface area contributed by atoms with Crippen LogP contribution in [0.1, 0.15) is 56.0 Å². The minimum Gasteiger partial charge on any atom is -0.329 e. The largest absolute Gasteiger partial charge is 0.345 e. The van der Waals surface area contributed by atoms with Gasteiger partial charge in [-0.1, -0.05) is 56.4 Å². The van der Waals surface area contributed by atoms with E-state index in [2.05, 4.69) is 45.2 Å². The number of benzene rings is 1. The molecule has 0 saturated heterocycles. The smallest absolute Gasteiger partial charge is 0.329 e. The van der Waals surface area contributed by atoms with Crippen molar-refractivity contribution in [2.45, 2.75) is 82.5 Å². The lowest BCUT2D eigenvalue weighted by atomic mass is 9.83. The standard InChI is InChI=1S/C25H35F2N5O3Si/c1-24(2)19-17(20(31-30-19)29-21(33)25(12-9-13-25)36(3,4)5)14-32(24)23(34)28-18(15-35-22(26)27)16-10-7-6-8-11-16/h6-8,10-11,18,22H,9,12-15H2,1-5H3,(H,28,34)(H2,29,30,31,33). The second kappa shape index (κ2) is 9.58. The molecule has 11 heteroatoms. The van der Waals surface area contributed by atoms with Crippen LogP contribution in [-0.4, -0.2) is 48.3 Å². The molecule has 2 aliphatic rings. The highest BCUT2D eigenvalue weighted by molar-refractivity contribution is 6.83. The van der Waals surface area contributed by atoms with Crippen LogP contribution in [0.4, 0.5) is 19.4 Å². The number of ether oxygens (including phenoxy) is 1. The maximum Gasteiger partial charge on any atom is 0.345 e. The van der Waals surface area contributed by atoms with Gasteiger partial charge in [0.05, 0.1) is 38.5 Å². The maximum absolute atomic E-state index is 13.4. The van der Waals surface area contributed by atoms with Gasteiger partial charge in [-0.15, -0.1) is 0 Å². The number of aromatic nitrogens is 2. The molecule has 1 atom stereocenters. The second-order valence-corrected chi connectivity index (χ2v) is 16.7. The van der Waals surface area contributed by atoms with Gasteiger partial charge < -0.3 is 20.3 Å². The number of alkyl halides is 2. The topological polar surface area (TPSA) is 99.4 Å². The molecule has 1 aliphatic heterocycles. The minimum atomic E-state index is -2.94. The summed E-state index contributed by atoms with van der Waals surface area (Å²) in [6.07, 6.45) is 2.83. The van der Waals surface area contributed by atoms with E-state index in [9.17, 15) is 18.4 Å². The van der Waals surface area contributed by atoms with Crippen LogP contribution in [0.3, 0.4) is 0 Å². The summed E-state index contributed by atoms with van der Waals surface area (Å²) in [6, 6.07) is 7.69. The lowest BCUT2D eigenvalue weighted by Gasteiger charge is -2.48. The van der Waals surface area contributed by atoms with Crippen molar-refractivity contribution in [2.75, 3.05) is 11.9 Å². The van der Waals surface area contributed by atoms with Gasteiger partial charge in [0.25, 0.3) is 0 Å². The maximum atomic E-state index is 13.4. The van der Waals surface area contributed by atoms with Crippen LogP contribution in [0.15, 0.2) is 30.3 Å². The number of fused-ring (bicyclic) bond motifs is 1. The molecule has 8 nitrogen and oxygen atoms in total. The number of halogens is 2. The summed E-state index contributed by atoms with van der Waals surface area (Å²) in [5.41, 5.74) is 1.40. The molecule has 0 radical (unpaired) electrons. The average molecular weight is 520 g/mol. The monoisotopic (exact) mass is 519 g/mol. The number of hydrogen-bond acceptors (Lipinski definition) is 4. The van der Waals surface area contributed by atoms with E-state index in [1.807, 2.05) is 19.9 Å². The molecule has 0 bridgehead atoms. The van der Waals surface area contributed by atoms with Gasteiger partial charge in [-0.3, -0.25) is 9.89 Å². The molecule has 1 saturated carbocycles. The third kappa shape index (κ3) is 4.66. The van der Waals surface area contributed by atoms with Crippen LogP contribution in [0.2, 0.25) is 24.7 Å². The molecule has 1 fully saturated rings. The first-order valence-electron chi connectivity index (χ1n) is 12.3. The normalized spacial score (nSPS) is 18.9. The Morgan fingerprint density at radius 1 is 1.19 bits per heavy atom. The Balaban J connectivity index is 1.52. The van der Waals surface area contributed by atoms with E-state index in [1.54, 1.807) is 29.2 Å². The van der Waals surface area contributed by atoms with Gasteiger partial charge in [-0.05, 0) is 32.3 Å². The Bertz CT molecular complexity index is 1110. The van der Waals surface area contributed by atoms with Crippen molar-refractivity contribution < 1.29 is 23.1 Å². The van der Waals surface area contributed by atoms with Gasteiger partial charge in [-0.25, -0.2) is 4.79 Å². The number of anilines is 1. The number of H-pyrrole nitrogens is 1. The number of aromatic amines is 1. The molecular weight excluding hydrogens is 484 g/mol. The van der Waals surface area contributed by atoms with E-state index in [0.717, 1.165) is 30.5 Å². The summed E-state index contributed by atoms with van der Waals surface area (Å²) in [4.78, 5) is 28.4. The third-order valence-electron chi connectivity index (χ3n) is 7.91. The van der Waals surface area contributed by atoms with E-state index in [-0.39, 0.29) is 24.1 Å². The molecule has 1 aromatic carbocycles. The molecule has 0 spiro atoms. The predicted molar refractivity (Wildman–Crippen MR) is 135 cm³/mol. The first-order valence-corrected chi connectivity index (χ1v) is 15.8. The first kappa shape index (κ1) is 26.3. The molecular formula is C25H35F2N5O3Si. The Kier molecular flexibility index (Phi) is 7.00. The van der Waals surface area contributed by atoms with E-state index in [4.69, 9.17) is 0 Å². The number of amides is 3. The molecule has 1 unspecified atom stereocenters. The first-order chi connectivity index (χ1) is 16.9. The zero-order valence-corrected chi connectivity index (χ0v) is 22.5. The minimum absolute atomic E-state index is 0.0104. The summed E-state index contributed by atoms with van der Waals surface area (Å²) >= 11 is 0. The van der Waals surface area contributed by atoms with Crippen molar-refractivity contribution in [3.63, 3.8) is 0 Å². The number of hydrogen-bond donors (Lipinski definition) is 3. The summed E-state index contributed by atoms with van der Waals surface area (Å²) in [5.74, 6) is 0.458. The Hall–Kier alpha value is -2.79. The van der Waals surface area contributed by atoms with Gasteiger partial charge in [0.15, 0.2) is 5.82 Å². The number of carbonyl (C=O) groups excluding carboxylic acids is 2. The third-order valence-corrected chi connectivity index (χ3v) is 11.5. The average Bonchev–Trinajstić information content (AvgIpc) is 3.27. The second-order valence-electron chi connectivity index (χ2n) is 11.2. The quantitative estimate of drug-likeness (QED) is 0.409. The molecule has 2 aromatic rings. The van der Waals surface area contributed by atoms with Gasteiger partial charge in [0.1, 0.15) is 0 Å². The fourth-order valence-corrected chi connectivity index (χ4v) is 7.92. The summed E-state index contributed by atoms with van der Waals surface area (Å²) in [6.45, 7) is 7.33. The SMILES string of the molecule is CC1(C)c2[nH]nc(NC(=O)C3([Si](C)(C)C)CCC3)c2CN1C(=O)NC(COC(F)F)c1ccccc1. The summed E-state index contributed by atoms with van der Waals surface area (Å²) in [7, 11) is -1.76. The molecule has 1 aliphatic carbocycles. The number of carbonyl (C=O) groups is 2. The van der Waals surface area contributed by atoms with Gasteiger partial charge in [-0.2, -0.15) is 13.9 Å². The number of rotatable bonds is 8. The van der Waals surface area contributed by atoms with Crippen LogP contribution >= 0.6 is 0 Å². The van der Waals surface area contributed by atoms with Gasteiger partial charge in [0.2, 0.25) is 5.91 Å². The summed E-state index contributed by atoms with van der Waals surface area (Å²) < 4.78 is 30.0. The van der Waals surface area contributed by atoms with Crippen molar-refractivity contribution >= 4 is 25.8 Å². The molecule has 2 heterocycles.